The van der Waals surface area contributed by atoms with Crippen molar-refractivity contribution in [2.24, 2.45) is 0 Å². The molecule has 2 aromatic rings. The summed E-state index contributed by atoms with van der Waals surface area (Å²) < 4.78 is 44.5. The SMILES string of the molecule is O=C(NCC1CCCO1)c1ccc(Nc2ccccc2C(F)(F)F)nc1. The average Bonchev–Trinajstić information content (AvgIpc) is 3.13. The van der Waals surface area contributed by atoms with Gasteiger partial charge in [-0.05, 0) is 37.1 Å². The molecule has 0 spiro atoms. The molecule has 1 aliphatic rings. The first-order valence-electron chi connectivity index (χ1n) is 8.22. The van der Waals surface area contributed by atoms with Crippen molar-refractivity contribution >= 4 is 17.4 Å². The van der Waals surface area contributed by atoms with E-state index in [0.29, 0.717) is 18.7 Å². The van der Waals surface area contributed by atoms with Gasteiger partial charge in [-0.25, -0.2) is 4.98 Å². The molecule has 0 saturated carbocycles. The molecule has 1 atom stereocenters. The van der Waals surface area contributed by atoms with Crippen molar-refractivity contribution in [2.75, 3.05) is 18.5 Å². The van der Waals surface area contributed by atoms with Gasteiger partial charge in [-0.3, -0.25) is 4.79 Å². The van der Waals surface area contributed by atoms with Crippen molar-refractivity contribution in [1.82, 2.24) is 10.3 Å². The predicted octanol–water partition coefficient (Wildman–Crippen LogP) is 3.75. The summed E-state index contributed by atoms with van der Waals surface area (Å²) >= 11 is 0. The Bertz CT molecular complexity index is 757. The standard InChI is InChI=1S/C18H18F3N3O2/c19-18(20,21)14-5-1-2-6-15(14)24-16-8-7-12(10-22-16)17(25)23-11-13-4-3-9-26-13/h1-2,5-8,10,13H,3-4,9,11H2,(H,22,24)(H,23,25). The number of ether oxygens (including phenoxy) is 1. The van der Waals surface area contributed by atoms with E-state index in [9.17, 15) is 18.0 Å². The van der Waals surface area contributed by atoms with Gasteiger partial charge in [0.2, 0.25) is 0 Å². The van der Waals surface area contributed by atoms with Crippen LogP contribution >= 0.6 is 0 Å². The van der Waals surface area contributed by atoms with Gasteiger partial charge < -0.3 is 15.4 Å². The van der Waals surface area contributed by atoms with Crippen molar-refractivity contribution in [3.8, 4) is 0 Å². The molecule has 0 aliphatic carbocycles. The lowest BCUT2D eigenvalue weighted by molar-refractivity contribution is -0.136. The molecule has 3 rings (SSSR count). The fourth-order valence-electron chi connectivity index (χ4n) is 2.69. The van der Waals surface area contributed by atoms with Crippen LogP contribution in [0.1, 0.15) is 28.8 Å². The first-order valence-corrected chi connectivity index (χ1v) is 8.22. The molecule has 2 heterocycles. The second-order valence-electron chi connectivity index (χ2n) is 5.95. The smallest absolute Gasteiger partial charge is 0.376 e. The molecule has 1 aromatic heterocycles. The van der Waals surface area contributed by atoms with Crippen molar-refractivity contribution in [3.05, 3.63) is 53.7 Å². The number of amides is 1. The fraction of sp³-hybridized carbons (Fsp3) is 0.333. The van der Waals surface area contributed by atoms with Crippen molar-refractivity contribution in [3.63, 3.8) is 0 Å². The second kappa shape index (κ2) is 7.74. The van der Waals surface area contributed by atoms with Crippen LogP contribution in [0.4, 0.5) is 24.7 Å². The molecule has 1 aliphatic heterocycles. The zero-order valence-electron chi connectivity index (χ0n) is 13.8. The third-order valence-corrected chi connectivity index (χ3v) is 4.04. The van der Waals surface area contributed by atoms with E-state index < -0.39 is 11.7 Å². The molecule has 1 unspecified atom stereocenters. The van der Waals surface area contributed by atoms with Crippen molar-refractivity contribution < 1.29 is 22.7 Å². The van der Waals surface area contributed by atoms with Crippen molar-refractivity contribution in [2.45, 2.75) is 25.1 Å². The number of aromatic nitrogens is 1. The van der Waals surface area contributed by atoms with Gasteiger partial charge in [0.1, 0.15) is 5.82 Å². The van der Waals surface area contributed by atoms with Gasteiger partial charge in [0.15, 0.2) is 0 Å². The molecule has 1 saturated heterocycles. The highest BCUT2D eigenvalue weighted by Crippen LogP contribution is 2.35. The normalized spacial score (nSPS) is 17.1. The number of rotatable bonds is 5. The zero-order chi connectivity index (χ0) is 18.6. The highest BCUT2D eigenvalue weighted by molar-refractivity contribution is 5.94. The molecule has 5 nitrogen and oxygen atoms in total. The number of carbonyl (C=O) groups is 1. The highest BCUT2D eigenvalue weighted by atomic mass is 19.4. The van der Waals surface area contributed by atoms with Crippen LogP contribution in [0, 0.1) is 0 Å². The molecule has 8 heteroatoms. The Morgan fingerprint density at radius 3 is 2.69 bits per heavy atom. The predicted molar refractivity (Wildman–Crippen MR) is 90.3 cm³/mol. The number of nitrogens with zero attached hydrogens (tertiary/aromatic N) is 1. The summed E-state index contributed by atoms with van der Waals surface area (Å²) in [5.74, 6) is -0.0763. The van der Waals surface area contributed by atoms with Crippen LogP contribution in [0.15, 0.2) is 42.6 Å². The topological polar surface area (TPSA) is 63.2 Å². The molecule has 0 bridgehead atoms. The molecule has 1 amide bonds. The Morgan fingerprint density at radius 2 is 2.04 bits per heavy atom. The van der Waals surface area contributed by atoms with Crippen LogP contribution in [0.5, 0.6) is 0 Å². The second-order valence-corrected chi connectivity index (χ2v) is 5.95. The summed E-state index contributed by atoms with van der Waals surface area (Å²) in [5, 5.41) is 5.41. The van der Waals surface area contributed by atoms with Crippen LogP contribution < -0.4 is 10.6 Å². The molecular formula is C18H18F3N3O2. The summed E-state index contributed by atoms with van der Waals surface area (Å²) in [4.78, 5) is 16.1. The quantitative estimate of drug-likeness (QED) is 0.847. The van der Waals surface area contributed by atoms with Gasteiger partial charge >= 0.3 is 6.18 Å². The number of anilines is 2. The maximum absolute atomic E-state index is 13.0. The van der Waals surface area contributed by atoms with E-state index in [1.807, 2.05) is 0 Å². The number of hydrogen-bond donors (Lipinski definition) is 2. The highest BCUT2D eigenvalue weighted by Gasteiger charge is 2.33. The van der Waals surface area contributed by atoms with Gasteiger partial charge in [-0.1, -0.05) is 12.1 Å². The molecular weight excluding hydrogens is 347 g/mol. The van der Waals surface area contributed by atoms with Crippen LogP contribution in [-0.4, -0.2) is 30.1 Å². The van der Waals surface area contributed by atoms with E-state index in [0.717, 1.165) is 18.9 Å². The Labute approximate surface area is 148 Å². The van der Waals surface area contributed by atoms with E-state index in [4.69, 9.17) is 4.74 Å². The van der Waals surface area contributed by atoms with Gasteiger partial charge in [0, 0.05) is 19.3 Å². The Hall–Kier alpha value is -2.61. The van der Waals surface area contributed by atoms with Crippen LogP contribution in [0.2, 0.25) is 0 Å². The van der Waals surface area contributed by atoms with Crippen LogP contribution in [0.3, 0.4) is 0 Å². The molecule has 26 heavy (non-hydrogen) atoms. The first kappa shape index (κ1) is 18.2. The number of pyridine rings is 1. The number of hydrogen-bond acceptors (Lipinski definition) is 4. The first-order chi connectivity index (χ1) is 12.4. The third-order valence-electron chi connectivity index (χ3n) is 4.04. The van der Waals surface area contributed by atoms with Gasteiger partial charge in [-0.15, -0.1) is 0 Å². The number of alkyl halides is 3. The van der Waals surface area contributed by atoms with E-state index >= 15 is 0 Å². The van der Waals surface area contributed by atoms with Gasteiger partial charge in [-0.2, -0.15) is 13.2 Å². The van der Waals surface area contributed by atoms with Crippen molar-refractivity contribution in [1.29, 1.82) is 0 Å². The van der Waals surface area contributed by atoms with E-state index in [1.165, 1.54) is 36.5 Å². The van der Waals surface area contributed by atoms with Crippen LogP contribution in [-0.2, 0) is 10.9 Å². The summed E-state index contributed by atoms with van der Waals surface area (Å²) in [6, 6.07) is 8.12. The summed E-state index contributed by atoms with van der Waals surface area (Å²) in [6.45, 7) is 1.14. The summed E-state index contributed by atoms with van der Waals surface area (Å²) in [6.07, 6.45) is -1.21. The maximum Gasteiger partial charge on any atom is 0.418 e. The Kier molecular flexibility index (Phi) is 5.41. The minimum Gasteiger partial charge on any atom is -0.376 e. The lowest BCUT2D eigenvalue weighted by atomic mass is 10.1. The average molecular weight is 365 g/mol. The number of benzene rings is 1. The van der Waals surface area contributed by atoms with Crippen LogP contribution in [0.25, 0.3) is 0 Å². The molecule has 138 valence electrons. The molecule has 1 aromatic carbocycles. The lowest BCUT2D eigenvalue weighted by Crippen LogP contribution is -2.31. The molecule has 1 fully saturated rings. The Balaban J connectivity index is 1.64. The monoisotopic (exact) mass is 365 g/mol. The number of halogens is 3. The van der Waals surface area contributed by atoms with E-state index in [-0.39, 0.29) is 23.5 Å². The minimum atomic E-state index is -4.47. The number of carbonyl (C=O) groups excluding carboxylic acids is 1. The third kappa shape index (κ3) is 4.51. The summed E-state index contributed by atoms with van der Waals surface area (Å²) in [5.41, 5.74) is -0.541. The van der Waals surface area contributed by atoms with E-state index in [1.54, 1.807) is 0 Å². The molecule has 0 radical (unpaired) electrons. The lowest BCUT2D eigenvalue weighted by Gasteiger charge is -2.14. The van der Waals surface area contributed by atoms with E-state index in [2.05, 4.69) is 15.6 Å². The maximum atomic E-state index is 13.0. The summed E-state index contributed by atoms with van der Waals surface area (Å²) in [7, 11) is 0. The fourth-order valence-corrected chi connectivity index (χ4v) is 2.69. The largest absolute Gasteiger partial charge is 0.418 e. The van der Waals surface area contributed by atoms with Gasteiger partial charge in [0.05, 0.1) is 22.9 Å². The molecule has 2 N–H and O–H groups in total. The minimum absolute atomic E-state index is 0.0340. The number of nitrogens with one attached hydrogen (secondary N) is 2. The zero-order valence-corrected chi connectivity index (χ0v) is 13.8. The van der Waals surface area contributed by atoms with Gasteiger partial charge in [0.25, 0.3) is 5.91 Å². The number of para-hydroxylation sites is 1. The Morgan fingerprint density at radius 1 is 1.23 bits per heavy atom.